The Bertz CT molecular complexity index is 1360. The number of pyridine rings is 1. The van der Waals surface area contributed by atoms with Gasteiger partial charge in [0, 0.05) is 29.9 Å². The Hall–Kier alpha value is -4.27. The maximum absolute atomic E-state index is 13.2. The van der Waals surface area contributed by atoms with Crippen molar-refractivity contribution in [3.8, 4) is 17.0 Å². The molecule has 178 valence electrons. The van der Waals surface area contributed by atoms with Crippen LogP contribution in [0.2, 0.25) is 0 Å². The van der Waals surface area contributed by atoms with E-state index in [0.717, 1.165) is 40.2 Å². The van der Waals surface area contributed by atoms with Crippen LogP contribution in [0.3, 0.4) is 0 Å². The Morgan fingerprint density at radius 1 is 1.03 bits per heavy atom. The molecular formula is C26H21F3N4O2. The predicted molar refractivity (Wildman–Crippen MR) is 125 cm³/mol. The van der Waals surface area contributed by atoms with Gasteiger partial charge in [0.1, 0.15) is 12.1 Å². The van der Waals surface area contributed by atoms with Gasteiger partial charge >= 0.3 is 6.18 Å². The van der Waals surface area contributed by atoms with Crippen molar-refractivity contribution >= 4 is 11.6 Å². The Morgan fingerprint density at radius 3 is 2.57 bits per heavy atom. The summed E-state index contributed by atoms with van der Waals surface area (Å²) in [5.41, 5.74) is 3.48. The second-order valence-electron chi connectivity index (χ2n) is 7.78. The Labute approximate surface area is 199 Å². The summed E-state index contributed by atoms with van der Waals surface area (Å²) in [6, 6.07) is 13.6. The number of rotatable bonds is 6. The molecule has 0 fully saturated rings. The van der Waals surface area contributed by atoms with Crippen molar-refractivity contribution in [1.29, 1.82) is 0 Å². The van der Waals surface area contributed by atoms with Crippen LogP contribution in [0.25, 0.3) is 11.3 Å². The second-order valence-corrected chi connectivity index (χ2v) is 7.78. The summed E-state index contributed by atoms with van der Waals surface area (Å²) in [5, 5.41) is 2.54. The molecule has 1 amide bonds. The van der Waals surface area contributed by atoms with Crippen LogP contribution < -0.4 is 10.1 Å². The summed E-state index contributed by atoms with van der Waals surface area (Å²) in [6.07, 6.45) is 0.681. The molecule has 0 bridgehead atoms. The van der Waals surface area contributed by atoms with E-state index in [4.69, 9.17) is 4.74 Å². The average molecular weight is 478 g/mol. The SMILES string of the molecule is COc1ccc(C(F)(F)F)cc1NC(=O)c1ccc(C)c(Cc2ncccc2-c2ccncn2)c1. The van der Waals surface area contributed by atoms with Gasteiger partial charge in [0.05, 0.1) is 29.7 Å². The topological polar surface area (TPSA) is 77.0 Å². The van der Waals surface area contributed by atoms with Gasteiger partial charge in [0.15, 0.2) is 0 Å². The zero-order valence-electron chi connectivity index (χ0n) is 18.9. The van der Waals surface area contributed by atoms with Gasteiger partial charge in [-0.3, -0.25) is 9.78 Å². The molecule has 2 heterocycles. The molecule has 0 spiro atoms. The van der Waals surface area contributed by atoms with Crippen LogP contribution >= 0.6 is 0 Å². The number of aryl methyl sites for hydroxylation is 1. The molecule has 0 saturated heterocycles. The summed E-state index contributed by atoms with van der Waals surface area (Å²) < 4.78 is 44.6. The number of carbonyl (C=O) groups excluding carboxylic acids is 1. The third-order valence-electron chi connectivity index (χ3n) is 5.49. The van der Waals surface area contributed by atoms with Crippen molar-refractivity contribution in [1.82, 2.24) is 15.0 Å². The lowest BCUT2D eigenvalue weighted by Crippen LogP contribution is -2.15. The summed E-state index contributed by atoms with van der Waals surface area (Å²) >= 11 is 0. The molecule has 35 heavy (non-hydrogen) atoms. The Balaban J connectivity index is 1.63. The number of hydrogen-bond acceptors (Lipinski definition) is 5. The fourth-order valence-electron chi connectivity index (χ4n) is 3.62. The van der Waals surface area contributed by atoms with Crippen molar-refractivity contribution in [2.45, 2.75) is 19.5 Å². The molecule has 0 aliphatic carbocycles. The van der Waals surface area contributed by atoms with E-state index in [0.29, 0.717) is 12.0 Å². The molecule has 0 atom stereocenters. The number of nitrogens with zero attached hydrogens (tertiary/aromatic N) is 3. The Kier molecular flexibility index (Phi) is 6.77. The first kappa shape index (κ1) is 23.9. The van der Waals surface area contributed by atoms with Crippen LogP contribution in [-0.2, 0) is 12.6 Å². The van der Waals surface area contributed by atoms with Crippen LogP contribution in [0, 0.1) is 6.92 Å². The molecule has 6 nitrogen and oxygen atoms in total. The van der Waals surface area contributed by atoms with E-state index >= 15 is 0 Å². The maximum atomic E-state index is 13.2. The number of ether oxygens (including phenoxy) is 1. The molecule has 2 aromatic carbocycles. The number of methoxy groups -OCH3 is 1. The van der Waals surface area contributed by atoms with Gasteiger partial charge in [0.25, 0.3) is 5.91 Å². The average Bonchev–Trinajstić information content (AvgIpc) is 2.85. The number of halogens is 3. The molecule has 0 unspecified atom stereocenters. The van der Waals surface area contributed by atoms with E-state index in [1.807, 2.05) is 19.1 Å². The maximum Gasteiger partial charge on any atom is 0.416 e. The third-order valence-corrected chi connectivity index (χ3v) is 5.49. The largest absolute Gasteiger partial charge is 0.495 e. The molecule has 4 rings (SSSR count). The molecule has 1 N–H and O–H groups in total. The van der Waals surface area contributed by atoms with Crippen molar-refractivity contribution in [2.75, 3.05) is 12.4 Å². The third kappa shape index (κ3) is 5.46. The normalized spacial score (nSPS) is 11.2. The number of anilines is 1. The number of amides is 1. The Morgan fingerprint density at radius 2 is 1.86 bits per heavy atom. The summed E-state index contributed by atoms with van der Waals surface area (Å²) in [4.78, 5) is 25.7. The number of alkyl halides is 3. The summed E-state index contributed by atoms with van der Waals surface area (Å²) in [5.74, 6) is -0.428. The van der Waals surface area contributed by atoms with Gasteiger partial charge in [-0.15, -0.1) is 0 Å². The van der Waals surface area contributed by atoms with E-state index in [-0.39, 0.29) is 11.4 Å². The van der Waals surface area contributed by atoms with Gasteiger partial charge in [-0.2, -0.15) is 13.2 Å². The lowest BCUT2D eigenvalue weighted by molar-refractivity contribution is -0.137. The van der Waals surface area contributed by atoms with E-state index in [1.54, 1.807) is 36.7 Å². The van der Waals surface area contributed by atoms with Crippen molar-refractivity contribution < 1.29 is 22.7 Å². The fourth-order valence-corrected chi connectivity index (χ4v) is 3.62. The fraction of sp³-hybridized carbons (Fsp3) is 0.154. The van der Waals surface area contributed by atoms with Crippen molar-refractivity contribution in [3.05, 3.63) is 101 Å². The molecule has 4 aromatic rings. The minimum absolute atomic E-state index is 0.0646. The van der Waals surface area contributed by atoms with Crippen molar-refractivity contribution in [3.63, 3.8) is 0 Å². The van der Waals surface area contributed by atoms with Gasteiger partial charge in [-0.05, 0) is 66.6 Å². The quantitative estimate of drug-likeness (QED) is 0.384. The zero-order valence-corrected chi connectivity index (χ0v) is 18.9. The highest BCUT2D eigenvalue weighted by molar-refractivity contribution is 6.05. The van der Waals surface area contributed by atoms with Crippen molar-refractivity contribution in [2.24, 2.45) is 0 Å². The lowest BCUT2D eigenvalue weighted by Gasteiger charge is -2.15. The number of aromatic nitrogens is 3. The summed E-state index contributed by atoms with van der Waals surface area (Å²) in [7, 11) is 1.32. The monoisotopic (exact) mass is 478 g/mol. The molecule has 0 aliphatic heterocycles. The second kappa shape index (κ2) is 9.92. The number of carbonyl (C=O) groups is 1. The molecule has 0 saturated carbocycles. The highest BCUT2D eigenvalue weighted by Gasteiger charge is 2.31. The highest BCUT2D eigenvalue weighted by atomic mass is 19.4. The van der Waals surface area contributed by atoms with Gasteiger partial charge in [0.2, 0.25) is 0 Å². The first-order valence-electron chi connectivity index (χ1n) is 10.6. The zero-order chi connectivity index (χ0) is 25.0. The van der Waals surface area contributed by atoms with E-state index in [1.165, 1.54) is 19.5 Å². The minimum atomic E-state index is -4.55. The van der Waals surface area contributed by atoms with Crippen LogP contribution in [0.5, 0.6) is 5.75 Å². The van der Waals surface area contributed by atoms with Gasteiger partial charge < -0.3 is 10.1 Å². The smallest absolute Gasteiger partial charge is 0.416 e. The molecule has 9 heteroatoms. The van der Waals surface area contributed by atoms with E-state index in [2.05, 4.69) is 20.3 Å². The van der Waals surface area contributed by atoms with E-state index < -0.39 is 17.6 Å². The standard InChI is InChI=1S/C26H21F3N4O2/c1-16-5-6-17(25(34)33-23-14-19(26(27,28)29)7-8-24(23)35-2)12-18(16)13-22-20(4-3-10-31-22)21-9-11-30-15-32-21/h3-12,14-15H,13H2,1-2H3,(H,33,34). The number of hydrogen-bond donors (Lipinski definition) is 1. The molecule has 0 radical (unpaired) electrons. The highest BCUT2D eigenvalue weighted by Crippen LogP contribution is 2.35. The van der Waals surface area contributed by atoms with E-state index in [9.17, 15) is 18.0 Å². The minimum Gasteiger partial charge on any atom is -0.495 e. The van der Waals surface area contributed by atoms with Crippen LogP contribution in [-0.4, -0.2) is 28.0 Å². The lowest BCUT2D eigenvalue weighted by atomic mass is 9.97. The molecular weight excluding hydrogens is 457 g/mol. The van der Waals surface area contributed by atoms with Gasteiger partial charge in [-0.25, -0.2) is 9.97 Å². The van der Waals surface area contributed by atoms with Crippen LogP contribution in [0.15, 0.2) is 73.3 Å². The first-order chi connectivity index (χ1) is 16.8. The molecule has 0 aliphatic rings. The number of nitrogens with one attached hydrogen (secondary N) is 1. The van der Waals surface area contributed by atoms with Gasteiger partial charge in [-0.1, -0.05) is 6.07 Å². The van der Waals surface area contributed by atoms with Crippen LogP contribution in [0.1, 0.15) is 32.7 Å². The number of benzene rings is 2. The predicted octanol–water partition coefficient (Wildman–Crippen LogP) is 5.72. The van der Waals surface area contributed by atoms with Crippen LogP contribution in [0.4, 0.5) is 18.9 Å². The summed E-state index contributed by atoms with van der Waals surface area (Å²) in [6.45, 7) is 1.92. The molecule has 2 aromatic heterocycles. The first-order valence-corrected chi connectivity index (χ1v) is 10.6.